The van der Waals surface area contributed by atoms with Crippen LogP contribution in [-0.2, 0) is 4.74 Å². The Kier molecular flexibility index (Phi) is 4.62. The fourth-order valence-corrected chi connectivity index (χ4v) is 3.15. The van der Waals surface area contributed by atoms with Crippen molar-refractivity contribution in [3.63, 3.8) is 0 Å². The Morgan fingerprint density at radius 1 is 1.05 bits per heavy atom. The van der Waals surface area contributed by atoms with Crippen molar-refractivity contribution in [2.45, 2.75) is 52.0 Å². The van der Waals surface area contributed by atoms with E-state index in [2.05, 4.69) is 0 Å². The molecule has 2 rings (SSSR count). The second-order valence-electron chi connectivity index (χ2n) is 5.34. The number of nitrogens with zero attached hydrogens (tertiary/aromatic N) is 1. The van der Waals surface area contributed by atoms with Crippen LogP contribution in [0.2, 0.25) is 10.0 Å². The largest absolute Gasteiger partial charge is 0.371 e. The minimum Gasteiger partial charge on any atom is -0.371 e. The Labute approximate surface area is 129 Å². The van der Waals surface area contributed by atoms with Gasteiger partial charge in [0.15, 0.2) is 0 Å². The van der Waals surface area contributed by atoms with E-state index in [1.807, 2.05) is 32.6 Å². The number of carbonyl (C=O) groups excluding carboxylic acids is 1. The van der Waals surface area contributed by atoms with Crippen LogP contribution in [0.15, 0.2) is 18.2 Å². The van der Waals surface area contributed by atoms with Gasteiger partial charge >= 0.3 is 0 Å². The van der Waals surface area contributed by atoms with Gasteiger partial charge in [-0.1, -0.05) is 29.3 Å². The molecule has 5 heteroatoms. The highest BCUT2D eigenvalue weighted by Crippen LogP contribution is 2.31. The number of carbonyl (C=O) groups is 1. The maximum Gasteiger partial charge on any atom is 0.257 e. The van der Waals surface area contributed by atoms with E-state index >= 15 is 0 Å². The summed E-state index contributed by atoms with van der Waals surface area (Å²) in [5.74, 6) is -0.136. The zero-order valence-electron chi connectivity index (χ0n) is 12.1. The first-order valence-corrected chi connectivity index (χ1v) is 7.52. The third kappa shape index (κ3) is 2.67. The van der Waals surface area contributed by atoms with Crippen LogP contribution >= 0.6 is 23.2 Å². The lowest BCUT2D eigenvalue weighted by Gasteiger charge is -2.46. The van der Waals surface area contributed by atoms with Crippen LogP contribution in [0.25, 0.3) is 0 Å². The number of hydrogen-bond acceptors (Lipinski definition) is 2. The maximum atomic E-state index is 12.9. The van der Waals surface area contributed by atoms with Gasteiger partial charge in [-0.05, 0) is 39.8 Å². The molecule has 4 atom stereocenters. The van der Waals surface area contributed by atoms with Crippen LogP contribution < -0.4 is 0 Å². The van der Waals surface area contributed by atoms with Gasteiger partial charge in [0.2, 0.25) is 0 Å². The Bertz CT molecular complexity index is 486. The molecule has 3 nitrogen and oxygen atoms in total. The molecule has 1 aromatic carbocycles. The van der Waals surface area contributed by atoms with Crippen molar-refractivity contribution in [3.05, 3.63) is 33.8 Å². The van der Waals surface area contributed by atoms with E-state index in [1.54, 1.807) is 18.2 Å². The SMILES string of the molecule is C[C@@H]1O[C@H](C)[C@H](C)N(C(=O)c2c(Cl)cccc2Cl)[C@H]1C. The normalized spacial score (nSPS) is 30.4. The number of halogens is 2. The average Bonchev–Trinajstić information content (AvgIpc) is 2.36. The number of amides is 1. The van der Waals surface area contributed by atoms with Gasteiger partial charge in [-0.2, -0.15) is 0 Å². The number of benzene rings is 1. The summed E-state index contributed by atoms with van der Waals surface area (Å²) in [6, 6.07) is 5.05. The highest BCUT2D eigenvalue weighted by Gasteiger charge is 2.39. The topological polar surface area (TPSA) is 29.5 Å². The monoisotopic (exact) mass is 315 g/mol. The fraction of sp³-hybridized carbons (Fsp3) is 0.533. The van der Waals surface area contributed by atoms with Gasteiger partial charge in [-0.25, -0.2) is 0 Å². The molecule has 1 aromatic rings. The molecule has 0 aliphatic carbocycles. The summed E-state index contributed by atoms with van der Waals surface area (Å²) in [6.07, 6.45) is -0.0437. The van der Waals surface area contributed by atoms with Gasteiger partial charge in [-0.15, -0.1) is 0 Å². The van der Waals surface area contributed by atoms with Crippen molar-refractivity contribution in [2.75, 3.05) is 0 Å². The van der Waals surface area contributed by atoms with Crippen LogP contribution in [0.5, 0.6) is 0 Å². The zero-order chi connectivity index (χ0) is 15.0. The van der Waals surface area contributed by atoms with Crippen LogP contribution in [0, 0.1) is 0 Å². The minimum atomic E-state index is -0.136. The van der Waals surface area contributed by atoms with Crippen molar-refractivity contribution >= 4 is 29.1 Å². The molecule has 1 aliphatic rings. The van der Waals surface area contributed by atoms with E-state index < -0.39 is 0 Å². The van der Waals surface area contributed by atoms with Crippen molar-refractivity contribution < 1.29 is 9.53 Å². The quantitative estimate of drug-likeness (QED) is 0.783. The molecular weight excluding hydrogens is 297 g/mol. The van der Waals surface area contributed by atoms with Gasteiger partial charge in [0.05, 0.1) is 39.9 Å². The summed E-state index contributed by atoms with van der Waals surface area (Å²) in [7, 11) is 0. The molecule has 110 valence electrons. The van der Waals surface area contributed by atoms with Gasteiger partial charge in [0.25, 0.3) is 5.91 Å². The Hall–Kier alpha value is -0.770. The van der Waals surface area contributed by atoms with E-state index in [4.69, 9.17) is 27.9 Å². The standard InChI is InChI=1S/C15H19Cl2NO2/c1-8-10(3)20-11(4)9(2)18(8)15(19)14-12(16)6-5-7-13(14)17/h5-11H,1-4H3/t8-,9-,10-,11+/m0/s1. The van der Waals surface area contributed by atoms with Crippen LogP contribution in [0.4, 0.5) is 0 Å². The maximum absolute atomic E-state index is 12.9. The lowest BCUT2D eigenvalue weighted by molar-refractivity contribution is -0.114. The number of rotatable bonds is 1. The van der Waals surface area contributed by atoms with E-state index in [0.29, 0.717) is 15.6 Å². The molecule has 1 amide bonds. The second-order valence-corrected chi connectivity index (χ2v) is 6.15. The predicted octanol–water partition coefficient (Wildman–Crippen LogP) is 4.02. The Morgan fingerprint density at radius 3 is 1.95 bits per heavy atom. The van der Waals surface area contributed by atoms with Crippen LogP contribution in [0.3, 0.4) is 0 Å². The first-order chi connectivity index (χ1) is 9.34. The van der Waals surface area contributed by atoms with Gasteiger partial charge in [0.1, 0.15) is 0 Å². The lowest BCUT2D eigenvalue weighted by atomic mass is 10.0. The third-order valence-corrected chi connectivity index (χ3v) is 4.71. The molecule has 0 bridgehead atoms. The van der Waals surface area contributed by atoms with Crippen LogP contribution in [-0.4, -0.2) is 35.1 Å². The third-order valence-electron chi connectivity index (χ3n) is 4.08. The number of hydrogen-bond donors (Lipinski definition) is 0. The molecule has 0 N–H and O–H groups in total. The van der Waals surface area contributed by atoms with Gasteiger partial charge in [-0.3, -0.25) is 4.79 Å². The van der Waals surface area contributed by atoms with Gasteiger partial charge in [0, 0.05) is 0 Å². The molecule has 20 heavy (non-hydrogen) atoms. The summed E-state index contributed by atoms with van der Waals surface area (Å²) >= 11 is 12.3. The van der Waals surface area contributed by atoms with Gasteiger partial charge < -0.3 is 9.64 Å². The van der Waals surface area contributed by atoms with E-state index in [-0.39, 0.29) is 30.2 Å². The molecule has 1 fully saturated rings. The van der Waals surface area contributed by atoms with E-state index in [9.17, 15) is 4.79 Å². The second kappa shape index (κ2) is 5.92. The highest BCUT2D eigenvalue weighted by molar-refractivity contribution is 6.39. The molecule has 0 aromatic heterocycles. The summed E-state index contributed by atoms with van der Waals surface area (Å²) < 4.78 is 5.83. The molecule has 1 heterocycles. The van der Waals surface area contributed by atoms with Crippen molar-refractivity contribution in [1.29, 1.82) is 0 Å². The molecule has 0 radical (unpaired) electrons. The first kappa shape index (κ1) is 15.6. The molecule has 1 aliphatic heterocycles. The summed E-state index contributed by atoms with van der Waals surface area (Å²) in [5.41, 5.74) is 0.371. The summed E-state index contributed by atoms with van der Waals surface area (Å²) in [6.45, 7) is 7.91. The minimum absolute atomic E-state index is 0.0218. The lowest BCUT2D eigenvalue weighted by Crippen LogP contribution is -2.59. The van der Waals surface area contributed by atoms with Crippen molar-refractivity contribution in [1.82, 2.24) is 4.90 Å². The Balaban J connectivity index is 2.40. The summed E-state index contributed by atoms with van der Waals surface area (Å²) in [4.78, 5) is 14.7. The van der Waals surface area contributed by atoms with Crippen LogP contribution in [0.1, 0.15) is 38.1 Å². The molecule has 0 spiro atoms. The fourth-order valence-electron chi connectivity index (χ4n) is 2.59. The predicted molar refractivity (Wildman–Crippen MR) is 81.6 cm³/mol. The molecular formula is C15H19Cl2NO2. The summed E-state index contributed by atoms with van der Waals surface area (Å²) in [5, 5.41) is 0.766. The molecule has 0 unspecified atom stereocenters. The van der Waals surface area contributed by atoms with E-state index in [1.165, 1.54) is 0 Å². The molecule has 0 saturated carbocycles. The number of morpholine rings is 1. The average molecular weight is 316 g/mol. The zero-order valence-corrected chi connectivity index (χ0v) is 13.6. The Morgan fingerprint density at radius 2 is 1.50 bits per heavy atom. The van der Waals surface area contributed by atoms with E-state index in [0.717, 1.165) is 0 Å². The van der Waals surface area contributed by atoms with Crippen molar-refractivity contribution in [3.8, 4) is 0 Å². The van der Waals surface area contributed by atoms with Crippen molar-refractivity contribution in [2.24, 2.45) is 0 Å². The highest BCUT2D eigenvalue weighted by atomic mass is 35.5. The first-order valence-electron chi connectivity index (χ1n) is 6.76. The smallest absolute Gasteiger partial charge is 0.257 e. The number of ether oxygens (including phenoxy) is 1. The molecule has 1 saturated heterocycles.